The van der Waals surface area contributed by atoms with Crippen molar-refractivity contribution >= 4 is 82.8 Å². The van der Waals surface area contributed by atoms with Crippen LogP contribution in [0.2, 0.25) is 0 Å². The number of primary amides is 1. The first-order valence-electron chi connectivity index (χ1n) is 33.1. The van der Waals surface area contributed by atoms with Gasteiger partial charge in [-0.3, -0.25) is 62.3 Å². The van der Waals surface area contributed by atoms with E-state index >= 15 is 0 Å². The number of carboxylic acids is 1. The second kappa shape index (κ2) is 38.4. The summed E-state index contributed by atoms with van der Waals surface area (Å²) in [5.74, 6) is -13.1. The van der Waals surface area contributed by atoms with Crippen molar-refractivity contribution in [2.24, 2.45) is 35.1 Å². The van der Waals surface area contributed by atoms with Crippen molar-refractivity contribution < 1.29 is 87.5 Å². The fraction of sp³-hybridized carbons (Fsp3) is 0.688. The van der Waals surface area contributed by atoms with Crippen molar-refractivity contribution in [3.8, 4) is 0 Å². The lowest BCUT2D eigenvalue weighted by molar-refractivity contribution is -0.145. The van der Waals surface area contributed by atoms with E-state index in [0.29, 0.717) is 31.2 Å². The number of rotatable bonds is 37. The molecule has 0 unspecified atom stereocenters. The van der Waals surface area contributed by atoms with Crippen LogP contribution in [-0.4, -0.2) is 236 Å². The lowest BCUT2D eigenvalue weighted by Gasteiger charge is -2.31. The molecule has 1 aromatic rings. The predicted molar refractivity (Wildman–Crippen MR) is 346 cm³/mol. The van der Waals surface area contributed by atoms with E-state index in [9.17, 15) is 87.5 Å². The van der Waals surface area contributed by atoms with E-state index in [1.807, 2.05) is 13.8 Å². The molecule has 0 aromatic heterocycles. The molecule has 536 valence electrons. The summed E-state index contributed by atoms with van der Waals surface area (Å²) in [5.41, 5.74) is 11.7. The number of amides is 13. The predicted octanol–water partition coefficient (Wildman–Crippen LogP) is -3.97. The maximum atomic E-state index is 14.3. The summed E-state index contributed by atoms with van der Waals surface area (Å²) in [6.07, 6.45) is -0.0370. The molecule has 0 radical (unpaired) electrons. The average molecular weight is 1360 g/mol. The van der Waals surface area contributed by atoms with Gasteiger partial charge in [0.15, 0.2) is 0 Å². The van der Waals surface area contributed by atoms with Gasteiger partial charge in [-0.1, -0.05) is 92.1 Å². The zero-order valence-electron chi connectivity index (χ0n) is 56.4. The van der Waals surface area contributed by atoms with E-state index in [1.54, 1.807) is 71.9 Å². The second-order valence-electron chi connectivity index (χ2n) is 26.2. The molecule has 0 aliphatic carbocycles. The van der Waals surface area contributed by atoms with E-state index in [2.05, 4.69) is 47.9 Å². The molecular formula is C64H102N14O18. The molecule has 3 heterocycles. The van der Waals surface area contributed by atoms with Gasteiger partial charge in [0.2, 0.25) is 76.8 Å². The van der Waals surface area contributed by atoms with Gasteiger partial charge in [-0.05, 0) is 93.9 Å². The largest absolute Gasteiger partial charge is 0.480 e. The van der Waals surface area contributed by atoms with E-state index in [0.717, 1.165) is 0 Å². The minimum atomic E-state index is -1.79. The van der Waals surface area contributed by atoms with E-state index < -0.39 is 187 Å². The highest BCUT2D eigenvalue weighted by molar-refractivity contribution is 6.00. The Labute approximate surface area is 559 Å². The number of nitrogens with two attached hydrogens (primary N) is 2. The maximum absolute atomic E-state index is 14.3. The molecule has 3 aliphatic rings. The molecule has 17 N–H and O–H groups in total. The van der Waals surface area contributed by atoms with Crippen LogP contribution < -0.4 is 59.3 Å². The quantitative estimate of drug-likeness (QED) is 0.0302. The van der Waals surface area contributed by atoms with Crippen molar-refractivity contribution in [3.63, 3.8) is 0 Å². The summed E-state index contributed by atoms with van der Waals surface area (Å²) in [7, 11) is 0. The van der Waals surface area contributed by atoms with Crippen LogP contribution in [0.5, 0.6) is 0 Å². The molecule has 4 rings (SSSR count). The number of hydrogen-bond donors (Lipinski definition) is 15. The Morgan fingerprint density at radius 1 is 0.531 bits per heavy atom. The third-order valence-electron chi connectivity index (χ3n) is 17.3. The third-order valence-corrected chi connectivity index (χ3v) is 17.3. The summed E-state index contributed by atoms with van der Waals surface area (Å²) in [5, 5.41) is 63.8. The van der Waals surface area contributed by atoms with Gasteiger partial charge in [-0.2, -0.15) is 0 Å². The Morgan fingerprint density at radius 2 is 0.979 bits per heavy atom. The molecule has 3 saturated heterocycles. The number of hydrogen-bond acceptors (Lipinski definition) is 18. The van der Waals surface area contributed by atoms with Crippen molar-refractivity contribution in [2.75, 3.05) is 39.4 Å². The van der Waals surface area contributed by atoms with Gasteiger partial charge < -0.3 is 94.4 Å². The summed E-state index contributed by atoms with van der Waals surface area (Å²) in [4.78, 5) is 194. The van der Waals surface area contributed by atoms with Gasteiger partial charge in [-0.25, -0.2) is 4.79 Å². The lowest BCUT2D eigenvalue weighted by Crippen LogP contribution is -2.62. The van der Waals surface area contributed by atoms with Crippen LogP contribution in [0.25, 0.3) is 0 Å². The minimum Gasteiger partial charge on any atom is -0.480 e. The number of aliphatic hydroxyl groups is 3. The van der Waals surface area contributed by atoms with Gasteiger partial charge in [-0.15, -0.1) is 0 Å². The van der Waals surface area contributed by atoms with Gasteiger partial charge >= 0.3 is 5.97 Å². The molecule has 1 aromatic carbocycles. The van der Waals surface area contributed by atoms with Crippen molar-refractivity contribution in [3.05, 3.63) is 35.9 Å². The molecular weight excluding hydrogens is 1250 g/mol. The Balaban J connectivity index is 1.42. The van der Waals surface area contributed by atoms with Crippen molar-refractivity contribution in [1.82, 2.24) is 62.6 Å². The number of nitrogens with one attached hydrogen (secondary N) is 9. The average Bonchev–Trinajstić information content (AvgIpc) is 1.67. The zero-order chi connectivity index (χ0) is 71.8. The van der Waals surface area contributed by atoms with Crippen LogP contribution in [0.1, 0.15) is 139 Å². The Morgan fingerprint density at radius 3 is 1.47 bits per heavy atom. The first-order chi connectivity index (χ1) is 45.2. The van der Waals surface area contributed by atoms with Crippen LogP contribution in [0, 0.1) is 23.7 Å². The lowest BCUT2D eigenvalue weighted by atomic mass is 9.96. The minimum absolute atomic E-state index is 0.0234. The smallest absolute Gasteiger partial charge is 0.326 e. The topological polar surface area (TPSA) is 490 Å². The van der Waals surface area contributed by atoms with Crippen LogP contribution in [-0.2, 0) is 73.5 Å². The molecule has 0 spiro atoms. The molecule has 14 atom stereocenters. The molecule has 13 amide bonds. The van der Waals surface area contributed by atoms with Gasteiger partial charge in [0, 0.05) is 32.5 Å². The summed E-state index contributed by atoms with van der Waals surface area (Å²) in [6, 6.07) is -7.67. The van der Waals surface area contributed by atoms with Gasteiger partial charge in [0.25, 0.3) is 0 Å². The number of aliphatic hydroxyl groups excluding tert-OH is 3. The number of nitrogens with zero attached hydrogens (tertiary/aromatic N) is 3. The molecule has 0 saturated carbocycles. The number of carbonyl (C=O) groups is 14. The van der Waals surface area contributed by atoms with Crippen molar-refractivity contribution in [2.45, 2.75) is 218 Å². The first-order valence-corrected chi connectivity index (χ1v) is 33.1. The second-order valence-corrected chi connectivity index (χ2v) is 26.2. The van der Waals surface area contributed by atoms with Gasteiger partial charge in [0.1, 0.15) is 66.5 Å². The molecule has 3 fully saturated rings. The first kappa shape index (κ1) is 80.1. The van der Waals surface area contributed by atoms with Crippen molar-refractivity contribution in [1.29, 1.82) is 0 Å². The number of likely N-dealkylation sites (tertiary alicyclic amines) is 3. The SMILES string of the molecule is CC[C@H](C)[C@H](NC(=O)[C@@H]1CCCN1C(=O)CNC(=O)[C@@H]1CCCN1C(=O)[C@H](CC(C)C)NC(=O)[C@@H](NC(=O)[C@@H](N)C(C)C)[C@@H](C)O)C(=O)N[C@@H](CC(C)C)C(=O)N[C@@H](CO)C(=O)N[C@@H](CO)C(=O)N[C@@H](Cc1ccccc1)C(=O)N1CCC[C@H]1C(=O)N[C@@H](CCC(N)=O)C(=O)O. The Hall–Kier alpha value is -8.36. The molecule has 32 nitrogen and oxygen atoms in total. The molecule has 96 heavy (non-hydrogen) atoms. The fourth-order valence-corrected chi connectivity index (χ4v) is 11.6. The van der Waals surface area contributed by atoms with E-state index in [4.69, 9.17) is 11.5 Å². The van der Waals surface area contributed by atoms with E-state index in [-0.39, 0.29) is 88.8 Å². The summed E-state index contributed by atoms with van der Waals surface area (Å²) >= 11 is 0. The monoisotopic (exact) mass is 1350 g/mol. The number of carboxylic acid groups (broad SMARTS) is 1. The Kier molecular flexibility index (Phi) is 32.0. The Bertz CT molecular complexity index is 2900. The fourth-order valence-electron chi connectivity index (χ4n) is 11.6. The molecule has 3 aliphatic heterocycles. The third kappa shape index (κ3) is 23.5. The summed E-state index contributed by atoms with van der Waals surface area (Å²) < 4.78 is 0. The highest BCUT2D eigenvalue weighted by Crippen LogP contribution is 2.24. The molecule has 0 bridgehead atoms. The number of carbonyl (C=O) groups excluding carboxylic acids is 13. The van der Waals surface area contributed by atoms with Crippen LogP contribution in [0.15, 0.2) is 30.3 Å². The summed E-state index contributed by atoms with van der Waals surface area (Å²) in [6.45, 7) is 13.0. The van der Waals surface area contributed by atoms with E-state index in [1.165, 1.54) is 21.6 Å². The number of benzene rings is 1. The zero-order valence-corrected chi connectivity index (χ0v) is 56.4. The normalized spacial score (nSPS) is 19.6. The highest BCUT2D eigenvalue weighted by atomic mass is 16.4. The van der Waals surface area contributed by atoms with Crippen LogP contribution in [0.4, 0.5) is 0 Å². The van der Waals surface area contributed by atoms with Gasteiger partial charge in [0.05, 0.1) is 31.9 Å². The maximum Gasteiger partial charge on any atom is 0.326 e. The highest BCUT2D eigenvalue weighted by Gasteiger charge is 2.44. The number of aliphatic carboxylic acids is 1. The standard InChI is InChI=1S/C64H102N14O18/c1-10-36(8)51(74-58(89)46-20-14-24-76(46)49(83)30-67-56(87)45-19-15-25-77(45)62(93)41(28-34(4)5)71-61(92)52(37(9)81)75-59(90)50(66)35(6)7)60(91)69-40(27-33(2)3)53(84)72-44(32-80)55(86)73-43(31-79)54(85)70-42(29-38-17-12-11-13-18-38)63(94)78-26-16-21-47(78)57(88)68-39(64(95)96)22-23-48(65)82/h11-13,17-18,33-37,39-47,50-52,79-81H,10,14-16,19-32,66H2,1-9H3,(H2,65,82)(H,67,87)(H,68,88)(H,69,91)(H,70,85)(H,71,92)(H,72,84)(H,73,86)(H,74,89)(H,75,90)(H,95,96)/t36-,37+,39-,40-,41-,42-,43-,44-,45-,46-,47-,50-,51-,52-/m0/s1. The van der Waals surface area contributed by atoms with Crippen LogP contribution in [0.3, 0.4) is 0 Å². The van der Waals surface area contributed by atoms with Crippen LogP contribution >= 0.6 is 0 Å². The molecule has 32 heteroatoms.